The lowest BCUT2D eigenvalue weighted by Crippen LogP contribution is -2.40. The molecule has 0 radical (unpaired) electrons. The zero-order valence-electron chi connectivity index (χ0n) is 14.8. The molecule has 3 aromatic rings. The normalized spacial score (nSPS) is 17.2. The molecule has 1 aromatic heterocycles. The molecule has 2 aromatic carbocycles. The largest absolute Gasteiger partial charge is 0.344 e. The van der Waals surface area contributed by atoms with Crippen molar-refractivity contribution in [3.05, 3.63) is 46.4 Å². The Morgan fingerprint density at radius 1 is 1.11 bits per heavy atom. The van der Waals surface area contributed by atoms with Gasteiger partial charge in [-0.05, 0) is 42.8 Å². The minimum absolute atomic E-state index is 0.0236. The van der Waals surface area contributed by atoms with Crippen LogP contribution < -0.4 is 5.32 Å². The summed E-state index contributed by atoms with van der Waals surface area (Å²) in [5.41, 5.74) is 2.00. The molecule has 0 bridgehead atoms. The number of carbonyl (C=O) groups excluding carboxylic acids is 2. The Morgan fingerprint density at radius 3 is 2.22 bits per heavy atom. The number of likely N-dealkylation sites (tertiary alicyclic amines) is 1. The van der Waals surface area contributed by atoms with E-state index in [1.54, 1.807) is 11.9 Å². The van der Waals surface area contributed by atoms with Crippen molar-refractivity contribution in [3.8, 4) is 0 Å². The Kier molecular flexibility index (Phi) is 4.74. The lowest BCUT2D eigenvalue weighted by atomic mass is 10.1. The SMILES string of the molecule is CN1CCC(NC(=O)CCn2c3ccc(Cl)cc3c3cc(Cl)ccc32)C1=O. The number of carbonyl (C=O) groups is 2. The van der Waals surface area contributed by atoms with Crippen LogP contribution in [0.5, 0.6) is 0 Å². The molecule has 0 spiro atoms. The van der Waals surface area contributed by atoms with Crippen LogP contribution in [-0.2, 0) is 16.1 Å². The summed E-state index contributed by atoms with van der Waals surface area (Å²) in [7, 11) is 1.75. The van der Waals surface area contributed by atoms with Gasteiger partial charge in [0.15, 0.2) is 0 Å². The third kappa shape index (κ3) is 3.37. The van der Waals surface area contributed by atoms with E-state index in [1.165, 1.54) is 0 Å². The zero-order chi connectivity index (χ0) is 19.1. The van der Waals surface area contributed by atoms with Gasteiger partial charge in [0.2, 0.25) is 11.8 Å². The maximum atomic E-state index is 12.4. The number of aromatic nitrogens is 1. The van der Waals surface area contributed by atoms with Gasteiger partial charge in [-0.15, -0.1) is 0 Å². The standard InChI is InChI=1S/C20H19Cl2N3O2/c1-24-8-6-16(20(24)27)23-19(26)7-9-25-17-4-2-12(21)10-14(17)15-11-13(22)3-5-18(15)25/h2-5,10-11,16H,6-9H2,1H3,(H,23,26). The van der Waals surface area contributed by atoms with Crippen molar-refractivity contribution in [1.82, 2.24) is 14.8 Å². The van der Waals surface area contributed by atoms with Crippen LogP contribution in [0.4, 0.5) is 0 Å². The lowest BCUT2D eigenvalue weighted by Gasteiger charge is -2.13. The van der Waals surface area contributed by atoms with Gasteiger partial charge in [0.1, 0.15) is 6.04 Å². The summed E-state index contributed by atoms with van der Waals surface area (Å²) < 4.78 is 2.10. The molecular formula is C20H19Cl2N3O2. The predicted octanol–water partition coefficient (Wildman–Crippen LogP) is 3.84. The number of hydrogen-bond donors (Lipinski definition) is 1. The van der Waals surface area contributed by atoms with E-state index < -0.39 is 6.04 Å². The molecule has 1 fully saturated rings. The number of benzene rings is 2. The quantitative estimate of drug-likeness (QED) is 0.719. The summed E-state index contributed by atoms with van der Waals surface area (Å²) in [5, 5.41) is 6.18. The van der Waals surface area contributed by atoms with E-state index in [0.717, 1.165) is 21.8 Å². The van der Waals surface area contributed by atoms with Gasteiger partial charge in [-0.25, -0.2) is 0 Å². The first kappa shape index (κ1) is 18.1. The average Bonchev–Trinajstić information content (AvgIpc) is 3.11. The molecule has 1 aliphatic heterocycles. The van der Waals surface area contributed by atoms with E-state index >= 15 is 0 Å². The van der Waals surface area contributed by atoms with E-state index in [-0.39, 0.29) is 18.2 Å². The second kappa shape index (κ2) is 7.06. The molecule has 1 aliphatic rings. The summed E-state index contributed by atoms with van der Waals surface area (Å²) in [5.74, 6) is -0.147. The van der Waals surface area contributed by atoms with Gasteiger partial charge in [-0.3, -0.25) is 9.59 Å². The molecule has 0 aliphatic carbocycles. The average molecular weight is 404 g/mol. The van der Waals surface area contributed by atoms with Crippen LogP contribution in [0.15, 0.2) is 36.4 Å². The Hall–Kier alpha value is -2.24. The first-order valence-corrected chi connectivity index (χ1v) is 9.61. The zero-order valence-corrected chi connectivity index (χ0v) is 16.3. The maximum Gasteiger partial charge on any atom is 0.244 e. The van der Waals surface area contributed by atoms with Crippen LogP contribution in [-0.4, -0.2) is 40.9 Å². The van der Waals surface area contributed by atoms with Gasteiger partial charge in [0.05, 0.1) is 0 Å². The molecule has 7 heteroatoms. The second-order valence-corrected chi connectivity index (χ2v) is 7.77. The van der Waals surface area contributed by atoms with Crippen LogP contribution in [0.2, 0.25) is 10.0 Å². The molecule has 27 heavy (non-hydrogen) atoms. The smallest absolute Gasteiger partial charge is 0.244 e. The second-order valence-electron chi connectivity index (χ2n) is 6.89. The number of aryl methyl sites for hydroxylation is 1. The van der Waals surface area contributed by atoms with E-state index in [0.29, 0.717) is 29.6 Å². The molecule has 5 nitrogen and oxygen atoms in total. The third-order valence-corrected chi connectivity index (χ3v) is 5.58. The van der Waals surface area contributed by atoms with Crippen LogP contribution in [0.1, 0.15) is 12.8 Å². The highest BCUT2D eigenvalue weighted by molar-refractivity contribution is 6.33. The Labute approximate surface area is 166 Å². The number of rotatable bonds is 4. The molecule has 2 heterocycles. The van der Waals surface area contributed by atoms with Crippen molar-refractivity contribution in [2.45, 2.75) is 25.4 Å². The van der Waals surface area contributed by atoms with Gasteiger partial charge < -0.3 is 14.8 Å². The highest BCUT2D eigenvalue weighted by Gasteiger charge is 2.30. The minimum Gasteiger partial charge on any atom is -0.344 e. The number of hydrogen-bond acceptors (Lipinski definition) is 2. The first-order chi connectivity index (χ1) is 12.9. The van der Waals surface area contributed by atoms with E-state index in [1.807, 2.05) is 36.4 Å². The summed E-state index contributed by atoms with van der Waals surface area (Å²) in [6.45, 7) is 1.18. The Bertz CT molecular complexity index is 1000. The molecule has 140 valence electrons. The third-order valence-electron chi connectivity index (χ3n) is 5.11. The first-order valence-electron chi connectivity index (χ1n) is 8.85. The predicted molar refractivity (Wildman–Crippen MR) is 108 cm³/mol. The summed E-state index contributed by atoms with van der Waals surface area (Å²) in [6, 6.07) is 11.0. The van der Waals surface area contributed by atoms with Crippen molar-refractivity contribution in [2.24, 2.45) is 0 Å². The van der Waals surface area contributed by atoms with Crippen molar-refractivity contribution in [3.63, 3.8) is 0 Å². The summed E-state index contributed by atoms with van der Waals surface area (Å²) >= 11 is 12.3. The molecule has 1 unspecified atom stereocenters. The fourth-order valence-corrected chi connectivity index (χ4v) is 4.07. The summed E-state index contributed by atoms with van der Waals surface area (Å²) in [4.78, 5) is 26.0. The fourth-order valence-electron chi connectivity index (χ4n) is 3.73. The monoisotopic (exact) mass is 403 g/mol. The van der Waals surface area contributed by atoms with Gasteiger partial charge in [0.25, 0.3) is 0 Å². The maximum absolute atomic E-state index is 12.4. The van der Waals surface area contributed by atoms with Crippen molar-refractivity contribution in [1.29, 1.82) is 0 Å². The molecule has 4 rings (SSSR count). The van der Waals surface area contributed by atoms with Crippen LogP contribution in [0.25, 0.3) is 21.8 Å². The lowest BCUT2D eigenvalue weighted by molar-refractivity contribution is -0.131. The number of nitrogens with one attached hydrogen (secondary N) is 1. The van der Waals surface area contributed by atoms with E-state index in [4.69, 9.17) is 23.2 Å². The van der Waals surface area contributed by atoms with Crippen molar-refractivity contribution in [2.75, 3.05) is 13.6 Å². The molecule has 0 saturated carbocycles. The molecule has 1 atom stereocenters. The molecular weight excluding hydrogens is 385 g/mol. The van der Waals surface area contributed by atoms with Gasteiger partial charge >= 0.3 is 0 Å². The number of amides is 2. The van der Waals surface area contributed by atoms with E-state index in [2.05, 4.69) is 9.88 Å². The Balaban J connectivity index is 1.59. The fraction of sp³-hybridized carbons (Fsp3) is 0.300. The number of nitrogens with zero attached hydrogens (tertiary/aromatic N) is 2. The highest BCUT2D eigenvalue weighted by atomic mass is 35.5. The highest BCUT2D eigenvalue weighted by Crippen LogP contribution is 2.33. The minimum atomic E-state index is -0.404. The van der Waals surface area contributed by atoms with Gasteiger partial charge in [0, 0.05) is 58.4 Å². The van der Waals surface area contributed by atoms with Gasteiger partial charge in [-0.1, -0.05) is 23.2 Å². The van der Waals surface area contributed by atoms with Crippen LogP contribution >= 0.6 is 23.2 Å². The molecule has 1 N–H and O–H groups in total. The Morgan fingerprint density at radius 2 is 1.70 bits per heavy atom. The van der Waals surface area contributed by atoms with E-state index in [9.17, 15) is 9.59 Å². The number of fused-ring (bicyclic) bond motifs is 3. The number of likely N-dealkylation sites (N-methyl/N-ethyl adjacent to an activating group) is 1. The topological polar surface area (TPSA) is 54.3 Å². The number of halogens is 2. The van der Waals surface area contributed by atoms with Crippen molar-refractivity contribution < 1.29 is 9.59 Å². The summed E-state index contributed by atoms with van der Waals surface area (Å²) in [6.07, 6.45) is 0.949. The van der Waals surface area contributed by atoms with Crippen LogP contribution in [0, 0.1) is 0 Å². The molecule has 1 saturated heterocycles. The van der Waals surface area contributed by atoms with Crippen molar-refractivity contribution >= 4 is 56.8 Å². The van der Waals surface area contributed by atoms with Crippen LogP contribution in [0.3, 0.4) is 0 Å². The molecule has 2 amide bonds. The van der Waals surface area contributed by atoms with Gasteiger partial charge in [-0.2, -0.15) is 0 Å².